The highest BCUT2D eigenvalue weighted by molar-refractivity contribution is 6.33. The first-order chi connectivity index (χ1) is 13.1. The molecule has 1 aliphatic rings. The van der Waals surface area contributed by atoms with E-state index in [1.165, 1.54) is 10.5 Å². The van der Waals surface area contributed by atoms with Crippen LogP contribution in [-0.4, -0.2) is 36.4 Å². The monoisotopic (exact) mass is 383 g/mol. The van der Waals surface area contributed by atoms with Gasteiger partial charge in [-0.3, -0.25) is 0 Å². The van der Waals surface area contributed by atoms with Crippen molar-refractivity contribution in [2.75, 3.05) is 31.1 Å². The Bertz CT molecular complexity index is 918. The maximum atomic E-state index is 6.34. The quantitative estimate of drug-likeness (QED) is 0.751. The molecule has 0 spiro atoms. The van der Waals surface area contributed by atoms with E-state index in [1.807, 2.05) is 30.3 Å². The lowest BCUT2D eigenvalue weighted by molar-refractivity contribution is -0.931. The fourth-order valence-electron chi connectivity index (χ4n) is 3.65. The fraction of sp³-hybridized carbons (Fsp3) is 0.333. The maximum Gasteiger partial charge on any atom is 0.274 e. The van der Waals surface area contributed by atoms with Crippen molar-refractivity contribution >= 4 is 17.3 Å². The molecule has 140 valence electrons. The summed E-state index contributed by atoms with van der Waals surface area (Å²) in [7, 11) is 0. The lowest BCUT2D eigenvalue weighted by Crippen LogP contribution is -3.14. The van der Waals surface area contributed by atoms with Gasteiger partial charge < -0.3 is 14.2 Å². The smallest absolute Gasteiger partial charge is 0.274 e. The number of hydrogen-bond donors (Lipinski definition) is 1. The van der Waals surface area contributed by atoms with Crippen LogP contribution in [0.1, 0.15) is 24.4 Å². The summed E-state index contributed by atoms with van der Waals surface area (Å²) in [5.41, 5.74) is 3.27. The van der Waals surface area contributed by atoms with Gasteiger partial charge in [0.15, 0.2) is 6.04 Å². The molecule has 0 bridgehead atoms. The number of aromatic nitrogens is 2. The summed E-state index contributed by atoms with van der Waals surface area (Å²) < 4.78 is 5.99. The molecule has 1 fully saturated rings. The summed E-state index contributed by atoms with van der Waals surface area (Å²) in [5.74, 6) is 1.29. The van der Waals surface area contributed by atoms with Gasteiger partial charge in [0, 0.05) is 5.56 Å². The molecule has 0 saturated carbocycles. The molecule has 0 unspecified atom stereocenters. The number of aryl methyl sites for hydroxylation is 1. The molecule has 2 aromatic carbocycles. The third-order valence-corrected chi connectivity index (χ3v) is 5.61. The van der Waals surface area contributed by atoms with E-state index < -0.39 is 0 Å². The van der Waals surface area contributed by atoms with Crippen molar-refractivity contribution in [3.8, 4) is 11.5 Å². The van der Waals surface area contributed by atoms with Crippen molar-refractivity contribution in [1.82, 2.24) is 10.2 Å². The van der Waals surface area contributed by atoms with Crippen molar-refractivity contribution in [2.24, 2.45) is 0 Å². The lowest BCUT2D eigenvalue weighted by Gasteiger charge is -2.35. The Hall–Kier alpha value is -2.37. The Morgan fingerprint density at radius 1 is 1.07 bits per heavy atom. The fourth-order valence-corrected chi connectivity index (χ4v) is 3.91. The van der Waals surface area contributed by atoms with Crippen LogP contribution in [0.15, 0.2) is 52.9 Å². The van der Waals surface area contributed by atoms with Crippen molar-refractivity contribution < 1.29 is 9.32 Å². The summed E-state index contributed by atoms with van der Waals surface area (Å²) in [6.45, 7) is 8.16. The Balaban J connectivity index is 1.43. The van der Waals surface area contributed by atoms with Gasteiger partial charge in [-0.05, 0) is 38.1 Å². The molecule has 6 heteroatoms. The molecule has 1 atom stereocenters. The number of halogens is 1. The predicted octanol–water partition coefficient (Wildman–Crippen LogP) is 3.16. The second kappa shape index (κ2) is 7.71. The second-order valence-electron chi connectivity index (χ2n) is 7.13. The first-order valence-electron chi connectivity index (χ1n) is 9.36. The van der Waals surface area contributed by atoms with E-state index in [-0.39, 0.29) is 6.04 Å². The van der Waals surface area contributed by atoms with E-state index in [1.54, 1.807) is 0 Å². The minimum absolute atomic E-state index is 0.171. The van der Waals surface area contributed by atoms with E-state index in [9.17, 15) is 0 Å². The third-order valence-electron chi connectivity index (χ3n) is 5.29. The summed E-state index contributed by atoms with van der Waals surface area (Å²) in [6.07, 6.45) is 0. The van der Waals surface area contributed by atoms with Crippen LogP contribution in [0.2, 0.25) is 5.02 Å². The van der Waals surface area contributed by atoms with Crippen LogP contribution < -0.4 is 9.80 Å². The number of nitrogens with one attached hydrogen (secondary N) is 1. The average Bonchev–Trinajstić information content (AvgIpc) is 3.18. The number of nitrogens with zero attached hydrogens (tertiary/aromatic N) is 3. The summed E-state index contributed by atoms with van der Waals surface area (Å²) in [4.78, 5) is 3.81. The Labute approximate surface area is 164 Å². The molecule has 5 nitrogen and oxygen atoms in total. The van der Waals surface area contributed by atoms with Gasteiger partial charge in [-0.25, -0.2) is 0 Å². The van der Waals surface area contributed by atoms with Crippen LogP contribution in [0.3, 0.4) is 0 Å². The summed E-state index contributed by atoms with van der Waals surface area (Å²) >= 11 is 6.34. The largest absolute Gasteiger partial charge is 0.415 e. The van der Waals surface area contributed by atoms with Crippen molar-refractivity contribution in [3.63, 3.8) is 0 Å². The first-order valence-corrected chi connectivity index (χ1v) is 9.74. The molecular weight excluding hydrogens is 360 g/mol. The maximum absolute atomic E-state index is 6.34. The highest BCUT2D eigenvalue weighted by Gasteiger charge is 2.29. The van der Waals surface area contributed by atoms with Gasteiger partial charge in [0.2, 0.25) is 5.89 Å². The third kappa shape index (κ3) is 3.84. The lowest BCUT2D eigenvalue weighted by atomic mass is 10.1. The molecule has 1 aliphatic heterocycles. The van der Waals surface area contributed by atoms with E-state index in [0.717, 1.165) is 42.5 Å². The molecular formula is C21H24ClN4O+. The minimum atomic E-state index is 0.171. The van der Waals surface area contributed by atoms with Crippen molar-refractivity contribution in [2.45, 2.75) is 19.9 Å². The first kappa shape index (κ1) is 18.0. The van der Waals surface area contributed by atoms with Gasteiger partial charge in [-0.2, -0.15) is 0 Å². The van der Waals surface area contributed by atoms with Crippen LogP contribution in [0.5, 0.6) is 0 Å². The van der Waals surface area contributed by atoms with E-state index in [0.29, 0.717) is 11.8 Å². The topological polar surface area (TPSA) is 46.6 Å². The number of hydrogen-bond acceptors (Lipinski definition) is 4. The normalized spacial score (nSPS) is 16.5. The zero-order valence-corrected chi connectivity index (χ0v) is 16.4. The number of rotatable bonds is 4. The molecule has 27 heavy (non-hydrogen) atoms. The molecule has 0 aliphatic carbocycles. The molecule has 1 N–H and O–H groups in total. The van der Waals surface area contributed by atoms with Gasteiger partial charge in [0.25, 0.3) is 5.89 Å². The van der Waals surface area contributed by atoms with Crippen LogP contribution >= 0.6 is 11.6 Å². The van der Waals surface area contributed by atoms with Crippen LogP contribution in [-0.2, 0) is 0 Å². The summed E-state index contributed by atoms with van der Waals surface area (Å²) in [6, 6.07) is 16.4. The van der Waals surface area contributed by atoms with Gasteiger partial charge >= 0.3 is 0 Å². The average molecular weight is 384 g/mol. The zero-order valence-electron chi connectivity index (χ0n) is 15.7. The molecule has 4 rings (SSSR count). The van der Waals surface area contributed by atoms with Crippen molar-refractivity contribution in [3.05, 3.63) is 65.0 Å². The number of benzene rings is 2. The van der Waals surface area contributed by atoms with Crippen LogP contribution in [0.4, 0.5) is 5.69 Å². The SMILES string of the molecule is Cc1cccc(-c2nnc([C@H](C)[NH+]3CCN(c4ccccc4Cl)CC3)o2)c1. The highest BCUT2D eigenvalue weighted by atomic mass is 35.5. The molecule has 3 aromatic rings. The molecule has 1 saturated heterocycles. The number of quaternary nitrogens is 1. The van der Waals surface area contributed by atoms with E-state index in [2.05, 4.69) is 47.1 Å². The molecule has 2 heterocycles. The zero-order chi connectivity index (χ0) is 18.8. The number of piperazine rings is 1. The Morgan fingerprint density at radius 2 is 1.85 bits per heavy atom. The second-order valence-corrected chi connectivity index (χ2v) is 7.54. The minimum Gasteiger partial charge on any atom is -0.415 e. The number of para-hydroxylation sites is 1. The highest BCUT2D eigenvalue weighted by Crippen LogP contribution is 2.25. The standard InChI is InChI=1S/C21H23ClN4O/c1-15-6-5-7-17(14-15)21-24-23-20(27-21)16(2)25-10-12-26(13-11-25)19-9-4-3-8-18(19)22/h3-9,14,16H,10-13H2,1-2H3/p+1/t16-/m0/s1. The van der Waals surface area contributed by atoms with Crippen LogP contribution in [0, 0.1) is 6.92 Å². The Kier molecular flexibility index (Phi) is 5.14. The van der Waals surface area contributed by atoms with Gasteiger partial charge in [-0.15, -0.1) is 10.2 Å². The molecule has 1 aromatic heterocycles. The van der Waals surface area contributed by atoms with E-state index >= 15 is 0 Å². The molecule has 0 amide bonds. The van der Waals surface area contributed by atoms with Gasteiger partial charge in [0.05, 0.1) is 36.9 Å². The molecule has 0 radical (unpaired) electrons. The number of anilines is 1. The summed E-state index contributed by atoms with van der Waals surface area (Å²) in [5, 5.41) is 9.39. The van der Waals surface area contributed by atoms with Crippen LogP contribution in [0.25, 0.3) is 11.5 Å². The predicted molar refractivity (Wildman–Crippen MR) is 107 cm³/mol. The van der Waals surface area contributed by atoms with Gasteiger partial charge in [0.1, 0.15) is 0 Å². The van der Waals surface area contributed by atoms with Gasteiger partial charge in [-0.1, -0.05) is 41.4 Å². The van der Waals surface area contributed by atoms with E-state index in [4.69, 9.17) is 16.0 Å². The van der Waals surface area contributed by atoms with Crippen molar-refractivity contribution in [1.29, 1.82) is 0 Å². The Morgan fingerprint density at radius 3 is 2.59 bits per heavy atom.